The minimum atomic E-state index is -5.05. The highest BCUT2D eigenvalue weighted by molar-refractivity contribution is 7.85. The topological polar surface area (TPSA) is 150 Å². The molecule has 12 heteroatoms. The average molecular weight is 397 g/mol. The minimum Gasteiger partial charge on any atom is -0.744 e. The van der Waals surface area contributed by atoms with E-state index in [-0.39, 0.29) is 0 Å². The molecule has 0 heterocycles. The van der Waals surface area contributed by atoms with Gasteiger partial charge < -0.3 is 24.2 Å². The van der Waals surface area contributed by atoms with Gasteiger partial charge in [-0.05, 0) is 18.2 Å². The Labute approximate surface area is 146 Å². The largest absolute Gasteiger partial charge is 0.744 e. The number of hydrogen-bond donors (Lipinski definition) is 2. The van der Waals surface area contributed by atoms with Crippen molar-refractivity contribution in [3.63, 3.8) is 0 Å². The first-order valence-corrected chi connectivity index (χ1v) is 8.51. The highest BCUT2D eigenvalue weighted by Gasteiger charge is 2.18. The molecular formula is C14H15F2O9S-. The first kappa shape index (κ1) is 21.9. The third-order valence-electron chi connectivity index (χ3n) is 2.85. The van der Waals surface area contributed by atoms with Gasteiger partial charge in [0.15, 0.2) is 12.7 Å². The van der Waals surface area contributed by atoms with Gasteiger partial charge in [0.2, 0.25) is 0 Å². The van der Waals surface area contributed by atoms with Crippen LogP contribution >= 0.6 is 0 Å². The quantitative estimate of drug-likeness (QED) is 0.442. The molecular weight excluding hydrogens is 382 g/mol. The number of rotatable bonds is 9. The molecule has 0 radical (unpaired) electrons. The van der Waals surface area contributed by atoms with Crippen LogP contribution in [0.2, 0.25) is 0 Å². The van der Waals surface area contributed by atoms with E-state index in [4.69, 9.17) is 10.2 Å². The van der Waals surface area contributed by atoms with Crippen molar-refractivity contribution in [3.05, 3.63) is 29.3 Å². The van der Waals surface area contributed by atoms with Crippen LogP contribution in [0, 0.1) is 0 Å². The standard InChI is InChI=1S/C14H16F2O9S/c15-11(17)1-3-24-13(19)8-5-9(7-10(6-8)26(21,22)23)14(20)25-4-2-12(16)18/h5-7,11-12,17-18H,1-4H2,(H,21,22,23)/p-1. The van der Waals surface area contributed by atoms with Crippen LogP contribution in [0.1, 0.15) is 33.6 Å². The second kappa shape index (κ2) is 9.52. The van der Waals surface area contributed by atoms with Crippen LogP contribution in [-0.2, 0) is 19.6 Å². The van der Waals surface area contributed by atoms with Crippen molar-refractivity contribution < 1.29 is 51.0 Å². The van der Waals surface area contributed by atoms with Crippen molar-refractivity contribution in [2.75, 3.05) is 13.2 Å². The number of halogens is 2. The lowest BCUT2D eigenvalue weighted by Gasteiger charge is -2.12. The Balaban J connectivity index is 3.03. The van der Waals surface area contributed by atoms with Crippen molar-refractivity contribution >= 4 is 22.1 Å². The monoisotopic (exact) mass is 397 g/mol. The van der Waals surface area contributed by atoms with Crippen molar-refractivity contribution in [2.24, 2.45) is 0 Å². The van der Waals surface area contributed by atoms with E-state index < -0.39 is 76.9 Å². The molecule has 0 aliphatic rings. The number of carbonyl (C=O) groups excluding carboxylic acids is 2. The van der Waals surface area contributed by atoms with Crippen LogP contribution in [-0.4, -0.2) is 61.1 Å². The van der Waals surface area contributed by atoms with E-state index in [0.29, 0.717) is 12.1 Å². The fraction of sp³-hybridized carbons (Fsp3) is 0.429. The Hall–Kier alpha value is -2.15. The summed E-state index contributed by atoms with van der Waals surface area (Å²) in [5.74, 6) is -2.35. The molecule has 1 rings (SSSR count). The van der Waals surface area contributed by atoms with Crippen LogP contribution in [0.5, 0.6) is 0 Å². The number of aliphatic hydroxyl groups is 2. The molecule has 0 aliphatic carbocycles. The number of aliphatic hydroxyl groups excluding tert-OH is 2. The lowest BCUT2D eigenvalue weighted by molar-refractivity contribution is 0.00651. The molecule has 0 saturated carbocycles. The first-order valence-electron chi connectivity index (χ1n) is 7.10. The van der Waals surface area contributed by atoms with E-state index in [2.05, 4.69) is 9.47 Å². The summed E-state index contributed by atoms with van der Waals surface area (Å²) in [6.07, 6.45) is -5.53. The fourth-order valence-corrected chi connectivity index (χ4v) is 2.19. The molecule has 0 amide bonds. The van der Waals surface area contributed by atoms with Crippen LogP contribution in [0.4, 0.5) is 8.78 Å². The van der Waals surface area contributed by atoms with Gasteiger partial charge in [-0.25, -0.2) is 26.8 Å². The molecule has 0 saturated heterocycles. The van der Waals surface area contributed by atoms with Crippen LogP contribution in [0.25, 0.3) is 0 Å². The SMILES string of the molecule is O=C(OCCC(O)F)c1cc(C(=O)OCCC(O)F)cc(S(=O)(=O)[O-])c1. The van der Waals surface area contributed by atoms with E-state index in [1.54, 1.807) is 0 Å². The predicted molar refractivity (Wildman–Crippen MR) is 78.4 cm³/mol. The number of hydrogen-bond acceptors (Lipinski definition) is 9. The van der Waals surface area contributed by atoms with Gasteiger partial charge in [-0.2, -0.15) is 0 Å². The molecule has 0 fully saturated rings. The molecule has 2 N–H and O–H groups in total. The Morgan fingerprint density at radius 1 is 0.962 bits per heavy atom. The molecule has 0 aromatic heterocycles. The third kappa shape index (κ3) is 7.39. The number of carbonyl (C=O) groups is 2. The number of esters is 2. The van der Waals surface area contributed by atoms with Crippen LogP contribution in [0.3, 0.4) is 0 Å². The average Bonchev–Trinajstić information content (AvgIpc) is 2.52. The van der Waals surface area contributed by atoms with Gasteiger partial charge in [-0.3, -0.25) is 0 Å². The minimum absolute atomic E-state index is 0.507. The van der Waals surface area contributed by atoms with Gasteiger partial charge in [0.1, 0.15) is 10.1 Å². The summed E-state index contributed by atoms with van der Waals surface area (Å²) in [7, 11) is -5.05. The van der Waals surface area contributed by atoms with Gasteiger partial charge in [-0.1, -0.05) is 0 Å². The zero-order valence-electron chi connectivity index (χ0n) is 13.1. The highest BCUT2D eigenvalue weighted by atomic mass is 32.2. The number of ether oxygens (including phenoxy) is 2. The van der Waals surface area contributed by atoms with Crippen molar-refractivity contribution in [1.82, 2.24) is 0 Å². The molecule has 0 aliphatic heterocycles. The summed E-state index contributed by atoms with van der Waals surface area (Å²) >= 11 is 0. The Bertz CT molecular complexity index is 703. The maximum Gasteiger partial charge on any atom is 0.338 e. The van der Waals surface area contributed by atoms with Gasteiger partial charge in [0.05, 0.1) is 29.2 Å². The summed E-state index contributed by atoms with van der Waals surface area (Å²) in [4.78, 5) is 22.7. The molecule has 0 spiro atoms. The zero-order chi connectivity index (χ0) is 19.9. The second-order valence-corrected chi connectivity index (χ2v) is 6.30. The lowest BCUT2D eigenvalue weighted by atomic mass is 10.1. The molecule has 0 bridgehead atoms. The summed E-state index contributed by atoms with van der Waals surface area (Å²) in [5.41, 5.74) is -1.01. The molecule has 1 aromatic carbocycles. The second-order valence-electron chi connectivity index (χ2n) is 4.92. The van der Waals surface area contributed by atoms with E-state index in [1.807, 2.05) is 0 Å². The van der Waals surface area contributed by atoms with Gasteiger partial charge >= 0.3 is 11.9 Å². The van der Waals surface area contributed by atoms with Crippen molar-refractivity contribution in [3.8, 4) is 0 Å². The lowest BCUT2D eigenvalue weighted by Crippen LogP contribution is -2.14. The van der Waals surface area contributed by atoms with Gasteiger partial charge in [-0.15, -0.1) is 0 Å². The fourth-order valence-electron chi connectivity index (χ4n) is 1.64. The molecule has 2 atom stereocenters. The molecule has 146 valence electrons. The van der Waals surface area contributed by atoms with Gasteiger partial charge in [0.25, 0.3) is 0 Å². The molecule has 26 heavy (non-hydrogen) atoms. The molecule has 9 nitrogen and oxygen atoms in total. The van der Waals surface area contributed by atoms with E-state index in [9.17, 15) is 31.3 Å². The maximum atomic E-state index is 12.3. The van der Waals surface area contributed by atoms with Crippen LogP contribution < -0.4 is 0 Å². The molecule has 1 aromatic rings. The van der Waals surface area contributed by atoms with E-state index in [1.165, 1.54) is 0 Å². The summed E-state index contributed by atoms with van der Waals surface area (Å²) in [6.45, 7) is -1.09. The summed E-state index contributed by atoms with van der Waals surface area (Å²) < 4.78 is 67.2. The van der Waals surface area contributed by atoms with Gasteiger partial charge in [0, 0.05) is 12.8 Å². The Kier molecular flexibility index (Phi) is 8.02. The maximum absolute atomic E-state index is 12.3. The smallest absolute Gasteiger partial charge is 0.338 e. The van der Waals surface area contributed by atoms with Crippen molar-refractivity contribution in [2.45, 2.75) is 30.5 Å². The van der Waals surface area contributed by atoms with E-state index in [0.717, 1.165) is 6.07 Å². The summed E-state index contributed by atoms with van der Waals surface area (Å²) in [5, 5.41) is 16.9. The zero-order valence-corrected chi connectivity index (χ0v) is 13.9. The molecule has 2 unspecified atom stereocenters. The number of benzene rings is 1. The van der Waals surface area contributed by atoms with Crippen LogP contribution in [0.15, 0.2) is 23.1 Å². The number of alkyl halides is 2. The Morgan fingerprint density at radius 2 is 1.35 bits per heavy atom. The third-order valence-corrected chi connectivity index (χ3v) is 3.66. The first-order chi connectivity index (χ1) is 12.0. The van der Waals surface area contributed by atoms with E-state index >= 15 is 0 Å². The predicted octanol–water partition coefficient (Wildman–Crippen LogP) is 0.260. The summed E-state index contributed by atoms with van der Waals surface area (Å²) in [6, 6.07) is 2.16. The van der Waals surface area contributed by atoms with Crippen molar-refractivity contribution in [1.29, 1.82) is 0 Å². The normalized spacial score (nSPS) is 13.7. The highest BCUT2D eigenvalue weighted by Crippen LogP contribution is 2.17. The Morgan fingerprint density at radius 3 is 1.65 bits per heavy atom.